The van der Waals surface area contributed by atoms with Gasteiger partial charge < -0.3 is 19.7 Å². The van der Waals surface area contributed by atoms with Crippen molar-refractivity contribution >= 4 is 17.8 Å². The highest BCUT2D eigenvalue weighted by Gasteiger charge is 2.51. The Balaban J connectivity index is 1.27. The highest BCUT2D eigenvalue weighted by molar-refractivity contribution is 5.98. The summed E-state index contributed by atoms with van der Waals surface area (Å²) in [7, 11) is 1.30. The number of benzene rings is 2. The summed E-state index contributed by atoms with van der Waals surface area (Å²) in [5.41, 5.74) is 4.39. The molecule has 2 fully saturated rings. The minimum Gasteiger partial charge on any atom is -0.467 e. The van der Waals surface area contributed by atoms with Gasteiger partial charge in [0.25, 0.3) is 5.91 Å². The second kappa shape index (κ2) is 8.03. The van der Waals surface area contributed by atoms with Gasteiger partial charge in [0, 0.05) is 18.5 Å². The quantitative estimate of drug-likeness (QED) is 0.596. The number of fused-ring (bicyclic) bond motifs is 3. The van der Waals surface area contributed by atoms with Crippen LogP contribution in [0.1, 0.15) is 27.9 Å². The van der Waals surface area contributed by atoms with Gasteiger partial charge in [0.15, 0.2) is 0 Å². The number of carbonyl (C=O) groups excluding carboxylic acids is 3. The molecule has 3 aliphatic rings. The van der Waals surface area contributed by atoms with Crippen molar-refractivity contribution in [2.24, 2.45) is 0 Å². The van der Waals surface area contributed by atoms with E-state index in [0.29, 0.717) is 25.1 Å². The molecule has 2 aliphatic heterocycles. The van der Waals surface area contributed by atoms with E-state index in [-0.39, 0.29) is 24.9 Å². The first-order valence-electron chi connectivity index (χ1n) is 10.8. The fourth-order valence-corrected chi connectivity index (χ4v) is 4.91. The third kappa shape index (κ3) is 3.55. The number of nitrogens with zero attached hydrogens (tertiary/aromatic N) is 1. The van der Waals surface area contributed by atoms with Gasteiger partial charge in [0.1, 0.15) is 11.8 Å². The Morgan fingerprint density at radius 3 is 2.78 bits per heavy atom. The Labute approximate surface area is 185 Å². The lowest BCUT2D eigenvalue weighted by Gasteiger charge is -2.24. The molecule has 2 atom stereocenters. The van der Waals surface area contributed by atoms with Crippen molar-refractivity contribution in [1.82, 2.24) is 15.5 Å². The van der Waals surface area contributed by atoms with Crippen LogP contribution in [0.3, 0.4) is 0 Å². The summed E-state index contributed by atoms with van der Waals surface area (Å²) >= 11 is 0. The van der Waals surface area contributed by atoms with Gasteiger partial charge in [-0.15, -0.1) is 0 Å². The van der Waals surface area contributed by atoms with Crippen molar-refractivity contribution in [1.29, 1.82) is 0 Å². The summed E-state index contributed by atoms with van der Waals surface area (Å²) in [5, 5.41) is 5.94. The Kier molecular flexibility index (Phi) is 5.19. The normalized spacial score (nSPS) is 23.2. The van der Waals surface area contributed by atoms with Gasteiger partial charge in [0.05, 0.1) is 26.8 Å². The molecular weight excluding hydrogens is 410 g/mol. The third-order valence-corrected chi connectivity index (χ3v) is 6.51. The van der Waals surface area contributed by atoms with Crippen LogP contribution >= 0.6 is 0 Å². The van der Waals surface area contributed by atoms with Gasteiger partial charge in [-0.2, -0.15) is 0 Å². The molecule has 166 valence electrons. The van der Waals surface area contributed by atoms with Gasteiger partial charge in [-0.05, 0) is 40.8 Å². The highest BCUT2D eigenvalue weighted by atomic mass is 16.5. The largest absolute Gasteiger partial charge is 0.467 e. The maximum Gasteiger partial charge on any atom is 0.328 e. The summed E-state index contributed by atoms with van der Waals surface area (Å²) in [6.07, 6.45) is 1.18. The highest BCUT2D eigenvalue weighted by Crippen LogP contribution is 2.37. The molecule has 0 bridgehead atoms. The molecule has 0 saturated carbocycles. The number of likely N-dealkylation sites (tertiary alicyclic amines) is 1. The summed E-state index contributed by atoms with van der Waals surface area (Å²) < 4.78 is 10.7. The van der Waals surface area contributed by atoms with Crippen LogP contribution in [0, 0.1) is 0 Å². The van der Waals surface area contributed by atoms with E-state index in [4.69, 9.17) is 9.47 Å². The van der Waals surface area contributed by atoms with Crippen LogP contribution in [0.5, 0.6) is 0 Å². The van der Waals surface area contributed by atoms with Crippen LogP contribution in [0.25, 0.3) is 11.1 Å². The average molecular weight is 435 g/mol. The van der Waals surface area contributed by atoms with Crippen LogP contribution in [0.15, 0.2) is 42.5 Å². The molecule has 1 aliphatic carbocycles. The van der Waals surface area contributed by atoms with Gasteiger partial charge in [0.2, 0.25) is 5.91 Å². The number of rotatable bonds is 4. The smallest absolute Gasteiger partial charge is 0.328 e. The van der Waals surface area contributed by atoms with Crippen molar-refractivity contribution in [3.63, 3.8) is 0 Å². The second-order valence-corrected chi connectivity index (χ2v) is 8.42. The Hall–Kier alpha value is -3.23. The molecule has 1 unspecified atom stereocenters. The molecule has 2 aromatic rings. The maximum absolute atomic E-state index is 12.9. The standard InChI is InChI=1S/C24H25N3O5/c1-31-23(30)20-12-24(26-8-9-32-24)14-27(20)21(28)13-25-22(29)17-7-6-16-10-15-4-2-3-5-18(15)19(16)11-17/h2-7,11,20,26H,8-10,12-14H2,1H3,(H,25,29)/t20-,24?/m0/s1. The number of amides is 2. The molecule has 8 nitrogen and oxygen atoms in total. The zero-order chi connectivity index (χ0) is 22.3. The molecule has 32 heavy (non-hydrogen) atoms. The van der Waals surface area contributed by atoms with Crippen LogP contribution in [0.4, 0.5) is 0 Å². The number of carbonyl (C=O) groups is 3. The first kappa shape index (κ1) is 20.7. The topological polar surface area (TPSA) is 97.0 Å². The fraction of sp³-hybridized carbons (Fsp3) is 0.375. The second-order valence-electron chi connectivity index (χ2n) is 8.42. The zero-order valence-electron chi connectivity index (χ0n) is 17.8. The maximum atomic E-state index is 12.9. The summed E-state index contributed by atoms with van der Waals surface area (Å²) in [5.74, 6) is -1.17. The van der Waals surface area contributed by atoms with E-state index >= 15 is 0 Å². The summed E-state index contributed by atoms with van der Waals surface area (Å²) in [6, 6.07) is 13.0. The molecule has 8 heteroatoms. The Bertz CT molecular complexity index is 1090. The van der Waals surface area contributed by atoms with E-state index in [1.807, 2.05) is 24.3 Å². The minimum absolute atomic E-state index is 0.212. The minimum atomic E-state index is -0.744. The number of esters is 1. The Morgan fingerprint density at radius 2 is 2.00 bits per heavy atom. The first-order chi connectivity index (χ1) is 15.5. The van der Waals surface area contributed by atoms with Crippen molar-refractivity contribution < 1.29 is 23.9 Å². The fourth-order valence-electron chi connectivity index (χ4n) is 4.91. The molecule has 2 aromatic carbocycles. The Morgan fingerprint density at radius 1 is 1.19 bits per heavy atom. The molecule has 1 spiro atoms. The van der Waals surface area contributed by atoms with Gasteiger partial charge in [-0.1, -0.05) is 30.3 Å². The van der Waals surface area contributed by atoms with E-state index in [0.717, 1.165) is 17.5 Å². The predicted molar refractivity (Wildman–Crippen MR) is 116 cm³/mol. The van der Waals surface area contributed by atoms with E-state index in [1.165, 1.54) is 23.1 Å². The van der Waals surface area contributed by atoms with Crippen LogP contribution in [0.2, 0.25) is 0 Å². The number of hydrogen-bond acceptors (Lipinski definition) is 6. The van der Waals surface area contributed by atoms with Crippen molar-refractivity contribution in [2.45, 2.75) is 24.6 Å². The average Bonchev–Trinajstić information content (AvgIpc) is 3.53. The lowest BCUT2D eigenvalue weighted by molar-refractivity contribution is -0.150. The molecular formula is C24H25N3O5. The zero-order valence-corrected chi connectivity index (χ0v) is 17.8. The van der Waals surface area contributed by atoms with E-state index in [9.17, 15) is 14.4 Å². The van der Waals surface area contributed by atoms with Crippen molar-refractivity contribution in [3.8, 4) is 11.1 Å². The molecule has 2 saturated heterocycles. The lowest BCUT2D eigenvalue weighted by Crippen LogP contribution is -2.48. The predicted octanol–water partition coefficient (Wildman–Crippen LogP) is 1.08. The van der Waals surface area contributed by atoms with Gasteiger partial charge >= 0.3 is 5.97 Å². The third-order valence-electron chi connectivity index (χ3n) is 6.51. The van der Waals surface area contributed by atoms with E-state index < -0.39 is 17.7 Å². The molecule has 0 aromatic heterocycles. The molecule has 5 rings (SSSR count). The van der Waals surface area contributed by atoms with Crippen molar-refractivity contribution in [3.05, 3.63) is 59.2 Å². The lowest BCUT2D eigenvalue weighted by atomic mass is 10.0. The first-order valence-corrected chi connectivity index (χ1v) is 10.8. The van der Waals surface area contributed by atoms with Crippen LogP contribution < -0.4 is 10.6 Å². The molecule has 2 amide bonds. The number of ether oxygens (including phenoxy) is 2. The number of hydrogen-bond donors (Lipinski definition) is 2. The van der Waals surface area contributed by atoms with Crippen LogP contribution in [-0.2, 0) is 25.5 Å². The van der Waals surface area contributed by atoms with Gasteiger partial charge in [-0.3, -0.25) is 14.9 Å². The summed E-state index contributed by atoms with van der Waals surface area (Å²) in [6.45, 7) is 1.20. The SMILES string of the molecule is COC(=O)[C@@H]1CC2(CN1C(=O)CNC(=O)c1ccc3c(c1)-c1ccccc1C3)NCCO2. The van der Waals surface area contributed by atoms with E-state index in [2.05, 4.69) is 22.8 Å². The number of methoxy groups -OCH3 is 1. The van der Waals surface area contributed by atoms with Gasteiger partial charge in [-0.25, -0.2) is 4.79 Å². The molecule has 2 N–H and O–H groups in total. The monoisotopic (exact) mass is 435 g/mol. The van der Waals surface area contributed by atoms with E-state index in [1.54, 1.807) is 6.07 Å². The number of nitrogens with one attached hydrogen (secondary N) is 2. The molecule has 2 heterocycles. The molecule has 0 radical (unpaired) electrons. The van der Waals surface area contributed by atoms with Crippen molar-refractivity contribution in [2.75, 3.05) is 33.4 Å². The van der Waals surface area contributed by atoms with Crippen LogP contribution in [-0.4, -0.2) is 67.8 Å². The summed E-state index contributed by atoms with van der Waals surface area (Å²) in [4.78, 5) is 39.4.